The molecule has 20 heavy (non-hydrogen) atoms. The minimum atomic E-state index is -0.616. The van der Waals surface area contributed by atoms with Crippen molar-refractivity contribution in [3.8, 4) is 11.5 Å². The molecule has 5 heteroatoms. The molecule has 0 saturated heterocycles. The number of ether oxygens (including phenoxy) is 2. The van der Waals surface area contributed by atoms with Crippen LogP contribution in [0.3, 0.4) is 0 Å². The molecule has 0 saturated carbocycles. The third-order valence-corrected chi connectivity index (χ3v) is 2.91. The molecule has 0 aliphatic heterocycles. The molecule has 5 nitrogen and oxygen atoms in total. The second-order valence-electron chi connectivity index (χ2n) is 4.55. The van der Waals surface area contributed by atoms with Gasteiger partial charge >= 0.3 is 0 Å². The van der Waals surface area contributed by atoms with Crippen LogP contribution in [0, 0.1) is 0 Å². The van der Waals surface area contributed by atoms with Crippen LogP contribution in [0.5, 0.6) is 11.5 Å². The van der Waals surface area contributed by atoms with Gasteiger partial charge in [-0.15, -0.1) is 0 Å². The van der Waals surface area contributed by atoms with E-state index < -0.39 is 6.10 Å². The SMILES string of the molecule is CCCCNC(=O)C(C)Oc1cc(CO)ccc1OC. The van der Waals surface area contributed by atoms with Crippen LogP contribution in [-0.2, 0) is 11.4 Å². The summed E-state index contributed by atoms with van der Waals surface area (Å²) in [6.45, 7) is 4.32. The fourth-order valence-electron chi connectivity index (χ4n) is 1.69. The molecule has 0 spiro atoms. The summed E-state index contributed by atoms with van der Waals surface area (Å²) in [6.07, 6.45) is 1.36. The number of methoxy groups -OCH3 is 1. The van der Waals surface area contributed by atoms with Gasteiger partial charge < -0.3 is 19.9 Å². The maximum absolute atomic E-state index is 11.8. The van der Waals surface area contributed by atoms with Crippen molar-refractivity contribution in [1.29, 1.82) is 0 Å². The number of aliphatic hydroxyl groups excluding tert-OH is 1. The maximum Gasteiger partial charge on any atom is 0.260 e. The zero-order chi connectivity index (χ0) is 15.0. The van der Waals surface area contributed by atoms with Crippen molar-refractivity contribution in [2.24, 2.45) is 0 Å². The lowest BCUT2D eigenvalue weighted by Gasteiger charge is -2.17. The highest BCUT2D eigenvalue weighted by Gasteiger charge is 2.16. The Balaban J connectivity index is 2.68. The Bertz CT molecular complexity index is 434. The molecular weight excluding hydrogens is 258 g/mol. The van der Waals surface area contributed by atoms with Crippen molar-refractivity contribution in [2.75, 3.05) is 13.7 Å². The molecule has 1 rings (SSSR count). The second kappa shape index (κ2) is 8.43. The van der Waals surface area contributed by atoms with E-state index in [9.17, 15) is 4.79 Å². The highest BCUT2D eigenvalue weighted by Crippen LogP contribution is 2.29. The largest absolute Gasteiger partial charge is 0.493 e. The molecule has 1 amide bonds. The average Bonchev–Trinajstić information content (AvgIpc) is 2.47. The molecule has 112 valence electrons. The molecule has 0 aliphatic carbocycles. The zero-order valence-corrected chi connectivity index (χ0v) is 12.3. The summed E-state index contributed by atoms with van der Waals surface area (Å²) in [6, 6.07) is 5.13. The summed E-state index contributed by atoms with van der Waals surface area (Å²) >= 11 is 0. The first-order valence-corrected chi connectivity index (χ1v) is 6.84. The molecule has 0 fully saturated rings. The number of nitrogens with one attached hydrogen (secondary N) is 1. The molecule has 0 bridgehead atoms. The lowest BCUT2D eigenvalue weighted by Crippen LogP contribution is -2.36. The minimum Gasteiger partial charge on any atom is -0.493 e. The van der Waals surface area contributed by atoms with Gasteiger partial charge in [0.05, 0.1) is 13.7 Å². The Kier molecular flexibility index (Phi) is 6.87. The summed E-state index contributed by atoms with van der Waals surface area (Å²) in [4.78, 5) is 11.8. The molecule has 1 aromatic carbocycles. The maximum atomic E-state index is 11.8. The van der Waals surface area contributed by atoms with Gasteiger partial charge in [0.25, 0.3) is 5.91 Å². The van der Waals surface area contributed by atoms with E-state index in [1.165, 1.54) is 7.11 Å². The number of carbonyl (C=O) groups is 1. The van der Waals surface area contributed by atoms with Crippen molar-refractivity contribution in [3.05, 3.63) is 23.8 Å². The van der Waals surface area contributed by atoms with Gasteiger partial charge in [-0.05, 0) is 31.0 Å². The van der Waals surface area contributed by atoms with E-state index >= 15 is 0 Å². The summed E-state index contributed by atoms with van der Waals surface area (Å²) in [5, 5.41) is 12.0. The molecule has 0 aromatic heterocycles. The van der Waals surface area contributed by atoms with Gasteiger partial charge in [0, 0.05) is 6.54 Å². The van der Waals surface area contributed by atoms with E-state index in [1.54, 1.807) is 25.1 Å². The lowest BCUT2D eigenvalue weighted by molar-refractivity contribution is -0.127. The predicted molar refractivity (Wildman–Crippen MR) is 76.9 cm³/mol. The van der Waals surface area contributed by atoms with Crippen LogP contribution < -0.4 is 14.8 Å². The topological polar surface area (TPSA) is 67.8 Å². The Morgan fingerprint density at radius 2 is 2.15 bits per heavy atom. The van der Waals surface area contributed by atoms with E-state index in [2.05, 4.69) is 12.2 Å². The number of hydrogen-bond acceptors (Lipinski definition) is 4. The van der Waals surface area contributed by atoms with E-state index in [4.69, 9.17) is 14.6 Å². The number of unbranched alkanes of at least 4 members (excludes halogenated alkanes) is 1. The van der Waals surface area contributed by atoms with Crippen molar-refractivity contribution < 1.29 is 19.4 Å². The number of carbonyl (C=O) groups excluding carboxylic acids is 1. The van der Waals surface area contributed by atoms with E-state index in [0.717, 1.165) is 12.8 Å². The molecule has 2 N–H and O–H groups in total. The van der Waals surface area contributed by atoms with Crippen LogP contribution in [0.15, 0.2) is 18.2 Å². The molecule has 0 heterocycles. The van der Waals surface area contributed by atoms with Crippen LogP contribution in [0.2, 0.25) is 0 Å². The first-order chi connectivity index (χ1) is 9.62. The summed E-state index contributed by atoms with van der Waals surface area (Å²) in [7, 11) is 1.53. The van der Waals surface area contributed by atoms with Crippen molar-refractivity contribution in [2.45, 2.75) is 39.4 Å². The van der Waals surface area contributed by atoms with Crippen LogP contribution >= 0.6 is 0 Å². The third kappa shape index (κ3) is 4.74. The number of hydrogen-bond donors (Lipinski definition) is 2. The Hall–Kier alpha value is -1.75. The number of amides is 1. The number of aliphatic hydroxyl groups is 1. The average molecular weight is 281 g/mol. The second-order valence-corrected chi connectivity index (χ2v) is 4.55. The van der Waals surface area contributed by atoms with Gasteiger partial charge in [-0.1, -0.05) is 19.4 Å². The quantitative estimate of drug-likeness (QED) is 0.714. The zero-order valence-electron chi connectivity index (χ0n) is 12.3. The standard InChI is InChI=1S/C15H23NO4/c1-4-5-8-16-15(18)11(2)20-14-9-12(10-17)6-7-13(14)19-3/h6-7,9,11,17H,4-5,8,10H2,1-3H3,(H,16,18). The van der Waals surface area contributed by atoms with E-state index in [1.807, 2.05) is 0 Å². The van der Waals surface area contributed by atoms with Gasteiger partial charge in [0.1, 0.15) is 0 Å². The first kappa shape index (κ1) is 16.3. The summed E-state index contributed by atoms with van der Waals surface area (Å²) in [5.74, 6) is 0.836. The monoisotopic (exact) mass is 281 g/mol. The Morgan fingerprint density at radius 1 is 1.40 bits per heavy atom. The predicted octanol–water partition coefficient (Wildman–Crippen LogP) is 1.87. The fraction of sp³-hybridized carbons (Fsp3) is 0.533. The number of rotatable bonds is 8. The van der Waals surface area contributed by atoms with Crippen molar-refractivity contribution in [1.82, 2.24) is 5.32 Å². The van der Waals surface area contributed by atoms with Crippen molar-refractivity contribution in [3.63, 3.8) is 0 Å². The highest BCUT2D eigenvalue weighted by atomic mass is 16.5. The smallest absolute Gasteiger partial charge is 0.260 e. The van der Waals surface area contributed by atoms with E-state index in [0.29, 0.717) is 23.6 Å². The molecule has 1 aromatic rings. The Labute approximate surface area is 119 Å². The number of benzene rings is 1. The highest BCUT2D eigenvalue weighted by molar-refractivity contribution is 5.80. The van der Waals surface area contributed by atoms with Crippen LogP contribution in [0.4, 0.5) is 0 Å². The van der Waals surface area contributed by atoms with Gasteiger partial charge in [-0.3, -0.25) is 4.79 Å². The lowest BCUT2D eigenvalue weighted by atomic mass is 10.2. The molecule has 0 aliphatic rings. The van der Waals surface area contributed by atoms with Crippen LogP contribution in [-0.4, -0.2) is 30.8 Å². The van der Waals surface area contributed by atoms with E-state index in [-0.39, 0.29) is 12.5 Å². The fourth-order valence-corrected chi connectivity index (χ4v) is 1.69. The van der Waals surface area contributed by atoms with Crippen LogP contribution in [0.1, 0.15) is 32.3 Å². The van der Waals surface area contributed by atoms with Gasteiger partial charge in [0.2, 0.25) is 0 Å². The normalized spacial score (nSPS) is 11.8. The molecule has 1 atom stereocenters. The molecular formula is C15H23NO4. The summed E-state index contributed by atoms with van der Waals surface area (Å²) < 4.78 is 10.8. The molecule has 1 unspecified atom stereocenters. The van der Waals surface area contributed by atoms with Gasteiger partial charge in [-0.2, -0.15) is 0 Å². The van der Waals surface area contributed by atoms with Gasteiger partial charge in [-0.25, -0.2) is 0 Å². The minimum absolute atomic E-state index is 0.0859. The molecule has 0 radical (unpaired) electrons. The first-order valence-electron chi connectivity index (χ1n) is 6.84. The Morgan fingerprint density at radius 3 is 2.75 bits per heavy atom. The van der Waals surface area contributed by atoms with Crippen molar-refractivity contribution >= 4 is 5.91 Å². The summed E-state index contributed by atoms with van der Waals surface area (Å²) in [5.41, 5.74) is 0.708. The van der Waals surface area contributed by atoms with Crippen LogP contribution in [0.25, 0.3) is 0 Å². The van der Waals surface area contributed by atoms with Gasteiger partial charge in [0.15, 0.2) is 17.6 Å². The third-order valence-electron chi connectivity index (χ3n) is 2.91.